The van der Waals surface area contributed by atoms with Gasteiger partial charge in [0.2, 0.25) is 5.91 Å². The molecule has 0 saturated carbocycles. The average Bonchev–Trinajstić information content (AvgIpc) is 2.79. The fourth-order valence-corrected chi connectivity index (χ4v) is 4.43. The number of amides is 1. The lowest BCUT2D eigenvalue weighted by Gasteiger charge is -2.43. The van der Waals surface area contributed by atoms with E-state index >= 15 is 0 Å². The summed E-state index contributed by atoms with van der Waals surface area (Å²) in [5, 5.41) is 2.44. The van der Waals surface area contributed by atoms with Crippen LogP contribution in [0.4, 0.5) is 0 Å². The van der Waals surface area contributed by atoms with E-state index in [-0.39, 0.29) is 37.6 Å². The summed E-state index contributed by atoms with van der Waals surface area (Å²) in [6, 6.07) is 9.33. The predicted octanol–water partition coefficient (Wildman–Crippen LogP) is 4.95. The highest BCUT2D eigenvalue weighted by Gasteiger charge is 2.48. The van der Waals surface area contributed by atoms with Gasteiger partial charge in [0.05, 0.1) is 22.4 Å². The minimum Gasteiger partial charge on any atom is -0.375 e. The van der Waals surface area contributed by atoms with Crippen LogP contribution in [-0.2, 0) is 34.0 Å². The van der Waals surface area contributed by atoms with Crippen LogP contribution >= 0.6 is 0 Å². The van der Waals surface area contributed by atoms with Gasteiger partial charge in [-0.3, -0.25) is 18.9 Å². The number of hydrogen-bond donors (Lipinski definition) is 2. The fraction of sp³-hybridized carbons (Fsp3) is 0.700. The number of hydrogen-bond acceptors (Lipinski definition) is 7. The van der Waals surface area contributed by atoms with Crippen LogP contribution in [0.15, 0.2) is 30.3 Å². The number of Topliss-reactive ketones (excluding diaryl/α,β-unsaturated/α-hetero) is 2. The molecule has 0 aromatic heterocycles. The maximum Gasteiger partial charge on any atom is 0.266 e. The number of ether oxygens (including phenoxy) is 2. The van der Waals surface area contributed by atoms with Crippen molar-refractivity contribution in [3.8, 4) is 0 Å². The Morgan fingerprint density at radius 1 is 0.900 bits per heavy atom. The van der Waals surface area contributed by atoms with Gasteiger partial charge in [-0.05, 0) is 46.6 Å². The zero-order valence-electron chi connectivity index (χ0n) is 25.8. The molecular weight excluding hydrogens is 534 g/mol. The monoisotopic (exact) mass is 583 g/mol. The molecule has 40 heavy (non-hydrogen) atoms. The van der Waals surface area contributed by atoms with Crippen molar-refractivity contribution in [2.45, 2.75) is 99.4 Å². The van der Waals surface area contributed by atoms with Crippen LogP contribution in [0, 0.1) is 16.7 Å². The highest BCUT2D eigenvalue weighted by Crippen LogP contribution is 2.41. The molecule has 0 fully saturated rings. The van der Waals surface area contributed by atoms with E-state index in [1.54, 1.807) is 20.8 Å². The lowest BCUT2D eigenvalue weighted by atomic mass is 9.71. The molecule has 1 aromatic carbocycles. The van der Waals surface area contributed by atoms with Crippen LogP contribution in [0.3, 0.4) is 0 Å². The molecule has 1 amide bonds. The maximum atomic E-state index is 14.0. The molecule has 9 nitrogen and oxygen atoms in total. The van der Waals surface area contributed by atoms with Gasteiger partial charge in [-0.2, -0.15) is 8.42 Å². The number of nitrogens with one attached hydrogen (secondary N) is 1. The van der Waals surface area contributed by atoms with Gasteiger partial charge in [0, 0.05) is 30.9 Å². The second kappa shape index (κ2) is 13.7. The Balaban J connectivity index is 3.05. The molecule has 0 aliphatic carbocycles. The molecule has 0 spiro atoms. The summed E-state index contributed by atoms with van der Waals surface area (Å²) in [6.07, 6.45) is -0.722. The first-order valence-corrected chi connectivity index (χ1v) is 15.3. The summed E-state index contributed by atoms with van der Waals surface area (Å²) in [4.78, 5) is 39.6. The van der Waals surface area contributed by atoms with Crippen LogP contribution in [0.25, 0.3) is 0 Å². The molecular formula is C30H49NO8S. The molecule has 0 aliphatic rings. The lowest BCUT2D eigenvalue weighted by Crippen LogP contribution is -2.50. The predicted molar refractivity (Wildman–Crippen MR) is 155 cm³/mol. The highest BCUT2D eigenvalue weighted by molar-refractivity contribution is 7.85. The van der Waals surface area contributed by atoms with Crippen molar-refractivity contribution in [2.75, 3.05) is 18.9 Å². The molecule has 228 valence electrons. The Labute approximate surface area is 240 Å². The third-order valence-corrected chi connectivity index (χ3v) is 7.81. The molecule has 0 heterocycles. The number of rotatable bonds is 15. The second-order valence-corrected chi connectivity index (χ2v) is 14.9. The molecule has 0 aliphatic heterocycles. The van der Waals surface area contributed by atoms with E-state index in [9.17, 15) is 22.8 Å². The van der Waals surface area contributed by atoms with Crippen molar-refractivity contribution in [1.82, 2.24) is 5.32 Å². The van der Waals surface area contributed by atoms with Crippen LogP contribution < -0.4 is 5.32 Å². The summed E-state index contributed by atoms with van der Waals surface area (Å²) in [5.41, 5.74) is -2.47. The van der Waals surface area contributed by atoms with E-state index in [0.29, 0.717) is 0 Å². The van der Waals surface area contributed by atoms with Crippen LogP contribution in [-0.4, -0.2) is 60.6 Å². The van der Waals surface area contributed by atoms with Gasteiger partial charge >= 0.3 is 0 Å². The number of carbonyl (C=O) groups is 3. The summed E-state index contributed by atoms with van der Waals surface area (Å²) >= 11 is 0. The summed E-state index contributed by atoms with van der Waals surface area (Å²) in [5.74, 6) is -2.05. The molecule has 2 atom stereocenters. The Bertz CT molecular complexity index is 1110. The van der Waals surface area contributed by atoms with Crippen molar-refractivity contribution in [3.63, 3.8) is 0 Å². The lowest BCUT2D eigenvalue weighted by molar-refractivity contribution is -0.169. The third kappa shape index (κ3) is 11.4. The fourth-order valence-electron chi connectivity index (χ4n) is 4.07. The smallest absolute Gasteiger partial charge is 0.266 e. The van der Waals surface area contributed by atoms with Crippen LogP contribution in [0.2, 0.25) is 0 Å². The van der Waals surface area contributed by atoms with Gasteiger partial charge in [-0.1, -0.05) is 65.0 Å². The first kappa shape index (κ1) is 35.9. The topological polar surface area (TPSA) is 136 Å². The molecule has 2 unspecified atom stereocenters. The average molecular weight is 584 g/mol. The SMILES string of the molecule is CC(C)(C)OC(C(=O)C(C)(C)C(C)(C)OCCC(CC(=O)NCCS(=O)(=O)O)C(=O)C(C)(C)C)c1ccccc1. The quantitative estimate of drug-likeness (QED) is 0.277. The van der Waals surface area contributed by atoms with E-state index in [0.717, 1.165) is 5.56 Å². The molecule has 0 radical (unpaired) electrons. The van der Waals surface area contributed by atoms with Gasteiger partial charge in [0.15, 0.2) is 5.78 Å². The van der Waals surface area contributed by atoms with Gasteiger partial charge < -0.3 is 14.8 Å². The van der Waals surface area contributed by atoms with E-state index < -0.39 is 55.8 Å². The Hall–Kier alpha value is -2.14. The zero-order valence-corrected chi connectivity index (χ0v) is 26.6. The molecule has 1 rings (SSSR count). The molecule has 2 N–H and O–H groups in total. The van der Waals surface area contributed by atoms with Gasteiger partial charge in [0.25, 0.3) is 10.1 Å². The Kier molecular flexibility index (Phi) is 12.3. The molecule has 0 bridgehead atoms. The van der Waals surface area contributed by atoms with Crippen molar-refractivity contribution in [3.05, 3.63) is 35.9 Å². The van der Waals surface area contributed by atoms with Crippen molar-refractivity contribution in [2.24, 2.45) is 16.7 Å². The largest absolute Gasteiger partial charge is 0.375 e. The second-order valence-electron chi connectivity index (χ2n) is 13.3. The number of benzene rings is 1. The van der Waals surface area contributed by atoms with Crippen LogP contribution in [0.5, 0.6) is 0 Å². The maximum absolute atomic E-state index is 14.0. The summed E-state index contributed by atoms with van der Waals surface area (Å²) < 4.78 is 43.2. The Morgan fingerprint density at radius 2 is 1.45 bits per heavy atom. The van der Waals surface area contributed by atoms with E-state index in [1.165, 1.54) is 0 Å². The first-order valence-electron chi connectivity index (χ1n) is 13.6. The van der Waals surface area contributed by atoms with Gasteiger partial charge in [-0.15, -0.1) is 0 Å². The van der Waals surface area contributed by atoms with E-state index in [1.807, 2.05) is 78.8 Å². The number of carbonyl (C=O) groups excluding carboxylic acids is 3. The van der Waals surface area contributed by atoms with Gasteiger partial charge in [0.1, 0.15) is 11.9 Å². The molecule has 1 aromatic rings. The summed E-state index contributed by atoms with van der Waals surface area (Å²) in [6.45, 7) is 18.1. The number of ketones is 2. The third-order valence-electron chi connectivity index (χ3n) is 7.09. The van der Waals surface area contributed by atoms with Crippen molar-refractivity contribution >= 4 is 27.6 Å². The Morgan fingerprint density at radius 3 is 1.93 bits per heavy atom. The van der Waals surface area contributed by atoms with Crippen molar-refractivity contribution in [1.29, 1.82) is 0 Å². The minimum absolute atomic E-state index is 0.116. The highest BCUT2D eigenvalue weighted by atomic mass is 32.2. The first-order chi connectivity index (χ1) is 18.0. The van der Waals surface area contributed by atoms with Gasteiger partial charge in [-0.25, -0.2) is 0 Å². The zero-order chi connectivity index (χ0) is 31.2. The standard InChI is InChI=1S/C30H49NO8S/c1-27(2,3)25(33)22(20-23(32)31-17-19-40(35,36)37)16-18-38-30(9,10)29(7,8)26(34)24(39-28(4,5)6)21-14-12-11-13-15-21/h11-15,22,24H,16-20H2,1-10H3,(H,31,32)(H,35,36,37). The van der Waals surface area contributed by atoms with E-state index in [2.05, 4.69) is 5.32 Å². The normalized spacial score (nSPS) is 14.9. The summed E-state index contributed by atoms with van der Waals surface area (Å²) in [7, 11) is -4.21. The molecule has 10 heteroatoms. The molecule has 0 saturated heterocycles. The van der Waals surface area contributed by atoms with Crippen molar-refractivity contribution < 1.29 is 36.8 Å². The van der Waals surface area contributed by atoms with E-state index in [4.69, 9.17) is 14.0 Å². The van der Waals surface area contributed by atoms with Crippen LogP contribution in [0.1, 0.15) is 93.7 Å². The minimum atomic E-state index is -4.21.